The van der Waals surface area contributed by atoms with E-state index in [2.05, 4.69) is 4.98 Å². The number of phenolic OH excluding ortho intramolecular Hbond substituents is 1. The van der Waals surface area contributed by atoms with E-state index >= 15 is 0 Å². The average molecular weight is 205 g/mol. The number of halogens is 1. The molecule has 2 aromatic rings. The maximum atomic E-state index is 9.67. The topological polar surface area (TPSA) is 56.9 Å². The van der Waals surface area contributed by atoms with E-state index < -0.39 is 0 Å². The lowest BCUT2D eigenvalue weighted by Crippen LogP contribution is -1.82. The van der Waals surface area contributed by atoms with Crippen LogP contribution >= 0.6 is 11.6 Å². The molecule has 2 rings (SSSR count). The minimum absolute atomic E-state index is 0.0469. The average Bonchev–Trinajstić information content (AvgIpc) is 2.20. The van der Waals surface area contributed by atoms with Crippen LogP contribution in [0.3, 0.4) is 0 Å². The molecule has 4 heteroatoms. The van der Waals surface area contributed by atoms with Crippen molar-refractivity contribution in [1.82, 2.24) is 4.98 Å². The number of pyridine rings is 1. The van der Waals surface area contributed by atoms with Crippen molar-refractivity contribution in [3.05, 3.63) is 35.1 Å². The first kappa shape index (κ1) is 8.79. The van der Waals surface area contributed by atoms with Crippen molar-refractivity contribution >= 4 is 22.4 Å². The summed E-state index contributed by atoms with van der Waals surface area (Å²) >= 11 is 5.68. The van der Waals surface area contributed by atoms with Gasteiger partial charge in [0, 0.05) is 17.0 Å². The summed E-state index contributed by atoms with van der Waals surface area (Å²) in [5.74, 6) is -0.0469. The second-order valence-electron chi connectivity index (χ2n) is 2.80. The van der Waals surface area contributed by atoms with Crippen LogP contribution in [0.1, 0.15) is 5.56 Å². The summed E-state index contributed by atoms with van der Waals surface area (Å²) < 4.78 is 0. The van der Waals surface area contributed by atoms with Gasteiger partial charge in [0.15, 0.2) is 0 Å². The minimum Gasteiger partial charge on any atom is -0.506 e. The van der Waals surface area contributed by atoms with Crippen molar-refractivity contribution in [2.45, 2.75) is 0 Å². The summed E-state index contributed by atoms with van der Waals surface area (Å²) in [5, 5.41) is 19.9. The Balaban J connectivity index is 2.88. The van der Waals surface area contributed by atoms with E-state index in [1.165, 1.54) is 6.07 Å². The van der Waals surface area contributed by atoms with Crippen LogP contribution in [-0.2, 0) is 0 Å². The van der Waals surface area contributed by atoms with Crippen molar-refractivity contribution in [1.29, 1.82) is 5.26 Å². The summed E-state index contributed by atoms with van der Waals surface area (Å²) in [6, 6.07) is 6.70. The highest BCUT2D eigenvalue weighted by Crippen LogP contribution is 2.29. The van der Waals surface area contributed by atoms with Crippen molar-refractivity contribution in [3.8, 4) is 11.8 Å². The molecule has 0 radical (unpaired) electrons. The molecule has 0 spiro atoms. The third-order valence-electron chi connectivity index (χ3n) is 1.96. The highest BCUT2D eigenvalue weighted by atomic mass is 35.5. The third kappa shape index (κ3) is 1.26. The number of hydrogen-bond acceptors (Lipinski definition) is 3. The Morgan fingerprint density at radius 3 is 2.93 bits per heavy atom. The van der Waals surface area contributed by atoms with E-state index in [1.54, 1.807) is 18.3 Å². The molecule has 1 aromatic heterocycles. The molecular weight excluding hydrogens is 200 g/mol. The molecule has 0 amide bonds. The van der Waals surface area contributed by atoms with Gasteiger partial charge in [0.25, 0.3) is 0 Å². The van der Waals surface area contributed by atoms with Crippen LogP contribution in [0.2, 0.25) is 5.15 Å². The lowest BCUT2D eigenvalue weighted by Gasteiger charge is -2.01. The highest BCUT2D eigenvalue weighted by molar-refractivity contribution is 6.30. The Labute approximate surface area is 85.2 Å². The summed E-state index contributed by atoms with van der Waals surface area (Å²) in [6.07, 6.45) is 1.55. The number of benzene rings is 1. The number of nitriles is 1. The van der Waals surface area contributed by atoms with Crippen LogP contribution < -0.4 is 0 Å². The number of aromatic nitrogens is 1. The maximum Gasteiger partial charge on any atom is 0.141 e. The highest BCUT2D eigenvalue weighted by Gasteiger charge is 2.06. The van der Waals surface area contributed by atoms with E-state index in [0.717, 1.165) is 5.39 Å². The van der Waals surface area contributed by atoms with Crippen molar-refractivity contribution < 1.29 is 5.11 Å². The fraction of sp³-hybridized carbons (Fsp3) is 0. The van der Waals surface area contributed by atoms with Gasteiger partial charge in [0.2, 0.25) is 0 Å². The zero-order chi connectivity index (χ0) is 10.1. The molecule has 1 N–H and O–H groups in total. The van der Waals surface area contributed by atoms with E-state index in [1.807, 2.05) is 6.07 Å². The number of rotatable bonds is 0. The van der Waals surface area contributed by atoms with Crippen LogP contribution in [0, 0.1) is 11.3 Å². The molecule has 14 heavy (non-hydrogen) atoms. The van der Waals surface area contributed by atoms with Gasteiger partial charge in [-0.2, -0.15) is 5.26 Å². The fourth-order valence-corrected chi connectivity index (χ4v) is 1.42. The van der Waals surface area contributed by atoms with Gasteiger partial charge in [0.1, 0.15) is 17.0 Å². The first-order valence-electron chi connectivity index (χ1n) is 3.89. The molecular formula is C10H5ClN2O. The van der Waals surface area contributed by atoms with Crippen molar-refractivity contribution in [3.63, 3.8) is 0 Å². The van der Waals surface area contributed by atoms with Gasteiger partial charge >= 0.3 is 0 Å². The van der Waals surface area contributed by atoms with Crippen LogP contribution in [0.5, 0.6) is 5.75 Å². The minimum atomic E-state index is -0.0469. The van der Waals surface area contributed by atoms with Crippen molar-refractivity contribution in [2.24, 2.45) is 0 Å². The van der Waals surface area contributed by atoms with Gasteiger partial charge in [-0.1, -0.05) is 17.7 Å². The molecule has 0 aliphatic heterocycles. The standard InChI is InChI=1S/C10H5ClN2O/c11-9-3-8-7(5-13-9)2-1-6(4-12)10(8)14/h1-3,5,14H. The Hall–Kier alpha value is -1.79. The SMILES string of the molecule is N#Cc1ccc2cnc(Cl)cc2c1O. The molecule has 1 aromatic carbocycles. The lowest BCUT2D eigenvalue weighted by atomic mass is 10.1. The zero-order valence-electron chi connectivity index (χ0n) is 7.03. The number of nitrogens with zero attached hydrogens (tertiary/aromatic N) is 2. The Morgan fingerprint density at radius 1 is 1.43 bits per heavy atom. The van der Waals surface area contributed by atoms with Crippen molar-refractivity contribution in [2.75, 3.05) is 0 Å². The van der Waals surface area contributed by atoms with Gasteiger partial charge in [-0.05, 0) is 12.1 Å². The van der Waals surface area contributed by atoms with Gasteiger partial charge < -0.3 is 5.11 Å². The molecule has 0 saturated heterocycles. The fourth-order valence-electron chi connectivity index (χ4n) is 1.27. The Morgan fingerprint density at radius 2 is 2.21 bits per heavy atom. The summed E-state index contributed by atoms with van der Waals surface area (Å²) in [5.41, 5.74) is 0.236. The molecule has 1 heterocycles. The second-order valence-corrected chi connectivity index (χ2v) is 3.19. The van der Waals surface area contributed by atoms with Crippen LogP contribution in [0.25, 0.3) is 10.8 Å². The zero-order valence-corrected chi connectivity index (χ0v) is 7.78. The van der Waals surface area contributed by atoms with E-state index in [9.17, 15) is 5.11 Å². The van der Waals surface area contributed by atoms with Gasteiger partial charge in [0.05, 0.1) is 5.56 Å². The number of phenols is 1. The summed E-state index contributed by atoms with van der Waals surface area (Å²) in [6.45, 7) is 0. The van der Waals surface area contributed by atoms with E-state index in [0.29, 0.717) is 10.5 Å². The predicted molar refractivity (Wildman–Crippen MR) is 53.1 cm³/mol. The Bertz CT molecular complexity index is 546. The summed E-state index contributed by atoms with van der Waals surface area (Å²) in [7, 11) is 0. The molecule has 0 saturated carbocycles. The predicted octanol–water partition coefficient (Wildman–Crippen LogP) is 2.47. The molecule has 0 fully saturated rings. The molecule has 3 nitrogen and oxygen atoms in total. The molecule has 0 atom stereocenters. The maximum absolute atomic E-state index is 9.67. The Kier molecular flexibility index (Phi) is 1.99. The third-order valence-corrected chi connectivity index (χ3v) is 2.17. The van der Waals surface area contributed by atoms with Gasteiger partial charge in [-0.15, -0.1) is 0 Å². The second kappa shape index (κ2) is 3.17. The van der Waals surface area contributed by atoms with Crippen LogP contribution in [0.4, 0.5) is 0 Å². The number of fused-ring (bicyclic) bond motifs is 1. The lowest BCUT2D eigenvalue weighted by molar-refractivity contribution is 0.480. The molecule has 0 bridgehead atoms. The van der Waals surface area contributed by atoms with E-state index in [-0.39, 0.29) is 11.3 Å². The number of aromatic hydroxyl groups is 1. The van der Waals surface area contributed by atoms with Gasteiger partial charge in [-0.3, -0.25) is 0 Å². The normalized spacial score (nSPS) is 10.0. The first-order chi connectivity index (χ1) is 6.72. The quantitative estimate of drug-likeness (QED) is 0.671. The first-order valence-corrected chi connectivity index (χ1v) is 4.27. The molecule has 0 unspecified atom stereocenters. The van der Waals surface area contributed by atoms with Crippen LogP contribution in [0.15, 0.2) is 24.4 Å². The largest absolute Gasteiger partial charge is 0.506 e. The van der Waals surface area contributed by atoms with Gasteiger partial charge in [-0.25, -0.2) is 4.98 Å². The van der Waals surface area contributed by atoms with E-state index in [4.69, 9.17) is 16.9 Å². The van der Waals surface area contributed by atoms with Crippen LogP contribution in [-0.4, -0.2) is 10.1 Å². The number of hydrogen-bond donors (Lipinski definition) is 1. The summed E-state index contributed by atoms with van der Waals surface area (Å²) in [4.78, 5) is 3.88. The molecule has 68 valence electrons. The molecule has 0 aliphatic carbocycles. The monoisotopic (exact) mass is 204 g/mol. The smallest absolute Gasteiger partial charge is 0.141 e. The molecule has 0 aliphatic rings.